The van der Waals surface area contributed by atoms with E-state index >= 15 is 0 Å². The van der Waals surface area contributed by atoms with Gasteiger partial charge in [-0.3, -0.25) is 4.79 Å². The van der Waals surface area contributed by atoms with E-state index in [4.69, 9.17) is 22.1 Å². The van der Waals surface area contributed by atoms with Crippen molar-refractivity contribution in [2.45, 2.75) is 6.54 Å². The molecule has 2 rings (SSSR count). The van der Waals surface area contributed by atoms with Crippen LogP contribution in [0.2, 0.25) is 5.02 Å². The molecule has 0 atom stereocenters. The van der Waals surface area contributed by atoms with Crippen LogP contribution in [0.25, 0.3) is 0 Å². The van der Waals surface area contributed by atoms with Gasteiger partial charge in [0, 0.05) is 24.0 Å². The Kier molecular flexibility index (Phi) is 5.26. The van der Waals surface area contributed by atoms with Gasteiger partial charge in [-0.1, -0.05) is 29.8 Å². The first kappa shape index (κ1) is 15.7. The zero-order valence-electron chi connectivity index (χ0n) is 11.5. The first-order valence-electron chi connectivity index (χ1n) is 6.31. The lowest BCUT2D eigenvalue weighted by Gasteiger charge is -2.08. The number of carbonyl (C=O) groups excluding carboxylic acids is 2. The number of benzene rings is 1. The number of carbonyl (C=O) groups is 2. The molecule has 1 aromatic carbocycles. The predicted molar refractivity (Wildman–Crippen MR) is 80.0 cm³/mol. The van der Waals surface area contributed by atoms with Crippen molar-refractivity contribution < 1.29 is 14.3 Å². The van der Waals surface area contributed by atoms with Crippen molar-refractivity contribution in [1.29, 1.82) is 0 Å². The molecule has 1 aromatic heterocycles. The van der Waals surface area contributed by atoms with Gasteiger partial charge in [0.2, 0.25) is 0 Å². The second-order valence-corrected chi connectivity index (χ2v) is 4.64. The minimum atomic E-state index is -0.807. The van der Waals surface area contributed by atoms with Gasteiger partial charge >= 0.3 is 5.97 Å². The summed E-state index contributed by atoms with van der Waals surface area (Å²) >= 11 is 5.97. The van der Waals surface area contributed by atoms with Crippen molar-refractivity contribution in [3.8, 4) is 0 Å². The normalized spacial score (nSPS) is 10.0. The number of nitrogens with zero attached hydrogens (tertiary/aromatic N) is 2. The molecule has 0 unspecified atom stereocenters. The molecule has 22 heavy (non-hydrogen) atoms. The highest BCUT2D eigenvalue weighted by atomic mass is 35.5. The molecule has 0 spiro atoms. The quantitative estimate of drug-likeness (QED) is 0.801. The average molecular weight is 321 g/mol. The number of halogens is 1. The molecule has 1 amide bonds. The van der Waals surface area contributed by atoms with Crippen molar-refractivity contribution in [2.75, 3.05) is 12.3 Å². The minimum absolute atomic E-state index is 0.0519. The molecule has 8 heteroatoms. The zero-order chi connectivity index (χ0) is 15.9. The topological polar surface area (TPSA) is 107 Å². The van der Waals surface area contributed by atoms with Gasteiger partial charge in [-0.05, 0) is 11.6 Å². The molecule has 0 radical (unpaired) electrons. The first-order chi connectivity index (χ1) is 10.6. The molecule has 0 fully saturated rings. The smallest absolute Gasteiger partial charge is 0.361 e. The number of hydrogen-bond donors (Lipinski definition) is 2. The van der Waals surface area contributed by atoms with Crippen LogP contribution in [-0.4, -0.2) is 28.5 Å². The van der Waals surface area contributed by atoms with Crippen LogP contribution in [0.1, 0.15) is 16.1 Å². The average Bonchev–Trinajstić information content (AvgIpc) is 2.52. The third-order valence-corrected chi connectivity index (χ3v) is 3.06. The van der Waals surface area contributed by atoms with Crippen molar-refractivity contribution in [3.63, 3.8) is 0 Å². The highest BCUT2D eigenvalue weighted by Crippen LogP contribution is 2.14. The van der Waals surface area contributed by atoms with Crippen molar-refractivity contribution in [3.05, 3.63) is 52.9 Å². The molecule has 0 saturated heterocycles. The Balaban J connectivity index is 1.82. The largest absolute Gasteiger partial charge is 0.451 e. The number of amides is 1. The maximum absolute atomic E-state index is 11.7. The highest BCUT2D eigenvalue weighted by molar-refractivity contribution is 6.31. The van der Waals surface area contributed by atoms with Crippen LogP contribution in [0.3, 0.4) is 0 Å². The van der Waals surface area contributed by atoms with Crippen molar-refractivity contribution >= 4 is 29.3 Å². The summed E-state index contributed by atoms with van der Waals surface area (Å²) in [6.07, 6.45) is 2.66. The summed E-state index contributed by atoms with van der Waals surface area (Å²) in [5.74, 6) is -1.32. The Morgan fingerprint density at radius 3 is 2.68 bits per heavy atom. The number of nitrogen functional groups attached to an aromatic ring is 1. The highest BCUT2D eigenvalue weighted by Gasteiger charge is 2.15. The van der Waals surface area contributed by atoms with Crippen LogP contribution in [0.5, 0.6) is 0 Å². The summed E-state index contributed by atoms with van der Waals surface area (Å²) in [6.45, 7) is -0.206. The number of nitrogens with two attached hydrogens (primary N) is 1. The summed E-state index contributed by atoms with van der Waals surface area (Å²) in [7, 11) is 0. The van der Waals surface area contributed by atoms with Crippen LogP contribution in [0.4, 0.5) is 5.82 Å². The predicted octanol–water partition coefficient (Wildman–Crippen LogP) is 1.19. The minimum Gasteiger partial charge on any atom is -0.451 e. The maximum atomic E-state index is 11.7. The lowest BCUT2D eigenvalue weighted by molar-refractivity contribution is -0.124. The molecule has 0 saturated carbocycles. The summed E-state index contributed by atoms with van der Waals surface area (Å²) in [4.78, 5) is 30.8. The summed E-state index contributed by atoms with van der Waals surface area (Å²) < 4.78 is 4.82. The Hall–Kier alpha value is -2.67. The van der Waals surface area contributed by atoms with Gasteiger partial charge < -0.3 is 15.8 Å². The Morgan fingerprint density at radius 2 is 1.95 bits per heavy atom. The van der Waals surface area contributed by atoms with E-state index in [0.29, 0.717) is 5.02 Å². The molecule has 0 bridgehead atoms. The number of ether oxygens (including phenoxy) is 1. The second kappa shape index (κ2) is 7.37. The monoisotopic (exact) mass is 320 g/mol. The summed E-state index contributed by atoms with van der Waals surface area (Å²) in [5.41, 5.74) is 6.13. The van der Waals surface area contributed by atoms with Crippen LogP contribution >= 0.6 is 11.6 Å². The van der Waals surface area contributed by atoms with Crippen LogP contribution in [0.15, 0.2) is 36.7 Å². The molecular weight excluding hydrogens is 308 g/mol. The zero-order valence-corrected chi connectivity index (χ0v) is 12.2. The van der Waals surface area contributed by atoms with Gasteiger partial charge in [0.15, 0.2) is 18.1 Å². The number of rotatable bonds is 5. The molecule has 7 nitrogen and oxygen atoms in total. The fraction of sp³-hybridized carbons (Fsp3) is 0.143. The molecule has 0 aliphatic carbocycles. The number of nitrogens with one attached hydrogen (secondary N) is 1. The lowest BCUT2D eigenvalue weighted by atomic mass is 10.2. The SMILES string of the molecule is Nc1nccnc1C(=O)OCC(=O)NCc1ccccc1Cl. The fourth-order valence-corrected chi connectivity index (χ4v) is 1.79. The Morgan fingerprint density at radius 1 is 1.23 bits per heavy atom. The number of anilines is 1. The molecule has 2 aromatic rings. The number of esters is 1. The fourth-order valence-electron chi connectivity index (χ4n) is 1.59. The van der Waals surface area contributed by atoms with E-state index in [1.807, 2.05) is 6.07 Å². The first-order valence-corrected chi connectivity index (χ1v) is 6.69. The van der Waals surface area contributed by atoms with E-state index in [0.717, 1.165) is 5.56 Å². The van der Waals surface area contributed by atoms with Gasteiger partial charge in [-0.2, -0.15) is 0 Å². The number of aromatic nitrogens is 2. The van der Waals surface area contributed by atoms with E-state index in [2.05, 4.69) is 15.3 Å². The van der Waals surface area contributed by atoms with Crippen LogP contribution < -0.4 is 11.1 Å². The van der Waals surface area contributed by atoms with Gasteiger partial charge in [0.25, 0.3) is 5.91 Å². The van der Waals surface area contributed by atoms with Gasteiger partial charge in [0.05, 0.1) is 0 Å². The standard InChI is InChI=1S/C14H13ClN4O3/c15-10-4-2-1-3-9(10)7-19-11(20)8-22-14(21)12-13(16)18-6-5-17-12/h1-6H,7-8H2,(H2,16,18)(H,19,20). The van der Waals surface area contributed by atoms with Crippen LogP contribution in [-0.2, 0) is 16.1 Å². The summed E-state index contributed by atoms with van der Waals surface area (Å²) in [5, 5.41) is 3.14. The molecule has 1 heterocycles. The van der Waals surface area contributed by atoms with E-state index in [1.165, 1.54) is 12.4 Å². The third-order valence-electron chi connectivity index (χ3n) is 2.69. The van der Waals surface area contributed by atoms with Crippen molar-refractivity contribution in [2.24, 2.45) is 0 Å². The molecule has 0 aliphatic heterocycles. The van der Waals surface area contributed by atoms with Gasteiger partial charge in [-0.25, -0.2) is 14.8 Å². The maximum Gasteiger partial charge on any atom is 0.361 e. The second-order valence-electron chi connectivity index (χ2n) is 4.23. The summed E-state index contributed by atoms with van der Waals surface area (Å²) in [6, 6.07) is 7.11. The third kappa shape index (κ3) is 4.16. The Bertz CT molecular complexity index is 693. The molecule has 3 N–H and O–H groups in total. The molecular formula is C14H13ClN4O3. The molecule has 0 aliphatic rings. The van der Waals surface area contributed by atoms with Gasteiger partial charge in [-0.15, -0.1) is 0 Å². The van der Waals surface area contributed by atoms with Crippen molar-refractivity contribution in [1.82, 2.24) is 15.3 Å². The number of hydrogen-bond acceptors (Lipinski definition) is 6. The van der Waals surface area contributed by atoms with E-state index < -0.39 is 18.5 Å². The van der Waals surface area contributed by atoms with E-state index in [1.54, 1.807) is 18.2 Å². The molecule has 114 valence electrons. The van der Waals surface area contributed by atoms with E-state index in [9.17, 15) is 9.59 Å². The Labute approximate surface area is 131 Å². The van der Waals surface area contributed by atoms with E-state index in [-0.39, 0.29) is 18.1 Å². The van der Waals surface area contributed by atoms with Gasteiger partial charge in [0.1, 0.15) is 0 Å². The van der Waals surface area contributed by atoms with Crippen LogP contribution in [0, 0.1) is 0 Å². The lowest BCUT2D eigenvalue weighted by Crippen LogP contribution is -2.28.